The Labute approximate surface area is 113 Å². The van der Waals surface area contributed by atoms with Gasteiger partial charge >= 0.3 is 0 Å². The van der Waals surface area contributed by atoms with Gasteiger partial charge in [-0.15, -0.1) is 0 Å². The molecule has 0 aliphatic heterocycles. The molecule has 17 heavy (non-hydrogen) atoms. The van der Waals surface area contributed by atoms with Crippen LogP contribution in [0.5, 0.6) is 0 Å². The number of rotatable bonds is 3. The summed E-state index contributed by atoms with van der Waals surface area (Å²) < 4.78 is 1.17. The molecule has 0 heterocycles. The van der Waals surface area contributed by atoms with Crippen LogP contribution in [0.25, 0.3) is 0 Å². The lowest BCUT2D eigenvalue weighted by molar-refractivity contribution is 0.237. The van der Waals surface area contributed by atoms with E-state index in [1.54, 1.807) is 0 Å². The maximum Gasteiger partial charge on any atom is 0.0175 e. The molecule has 0 unspecified atom stereocenters. The van der Waals surface area contributed by atoms with Crippen LogP contribution in [0.1, 0.15) is 38.2 Å². The third-order valence-corrected chi connectivity index (χ3v) is 4.73. The summed E-state index contributed by atoms with van der Waals surface area (Å²) in [6.07, 6.45) is 5.35. The minimum absolute atomic E-state index is 0.363. The number of nitrogens with one attached hydrogen (secondary N) is 1. The number of hydrogen-bond acceptors (Lipinski definition) is 1. The second-order valence-electron chi connectivity index (χ2n) is 5.50. The number of halogens is 1. The Hall–Kier alpha value is -0.340. The smallest absolute Gasteiger partial charge is 0.0175 e. The average molecular weight is 296 g/mol. The van der Waals surface area contributed by atoms with Crippen LogP contribution in [0.3, 0.4) is 0 Å². The predicted molar refractivity (Wildman–Crippen MR) is 77.4 cm³/mol. The molecule has 0 bridgehead atoms. The first-order valence-electron chi connectivity index (χ1n) is 6.57. The van der Waals surface area contributed by atoms with Crippen LogP contribution < -0.4 is 5.32 Å². The zero-order valence-corrected chi connectivity index (χ0v) is 12.4. The van der Waals surface area contributed by atoms with E-state index in [1.807, 2.05) is 0 Å². The zero-order valence-electron chi connectivity index (χ0n) is 10.8. The molecule has 0 radical (unpaired) electrons. The molecule has 2 rings (SSSR count). The Kier molecular flexibility index (Phi) is 4.26. The number of hydrogen-bond donors (Lipinski definition) is 1. The highest BCUT2D eigenvalue weighted by atomic mass is 79.9. The molecule has 1 aliphatic rings. The molecule has 1 saturated carbocycles. The number of likely N-dealkylation sites (N-methyl/N-ethyl adjacent to an activating group) is 1. The van der Waals surface area contributed by atoms with Crippen LogP contribution in [0.2, 0.25) is 0 Å². The van der Waals surface area contributed by atoms with Gasteiger partial charge in [-0.3, -0.25) is 0 Å². The first kappa shape index (κ1) is 13.1. The maximum absolute atomic E-state index is 3.52. The first-order valence-corrected chi connectivity index (χ1v) is 7.36. The molecule has 0 atom stereocenters. The molecule has 1 aromatic carbocycles. The van der Waals surface area contributed by atoms with E-state index in [4.69, 9.17) is 0 Å². The Morgan fingerprint density at radius 3 is 2.35 bits per heavy atom. The van der Waals surface area contributed by atoms with Gasteiger partial charge in [0, 0.05) is 16.4 Å². The van der Waals surface area contributed by atoms with E-state index in [9.17, 15) is 0 Å². The fraction of sp³-hybridized carbons (Fsp3) is 0.600. The van der Waals surface area contributed by atoms with Gasteiger partial charge in [-0.2, -0.15) is 0 Å². The van der Waals surface area contributed by atoms with Crippen molar-refractivity contribution in [3.8, 4) is 0 Å². The highest BCUT2D eigenvalue weighted by Gasteiger charge is 2.34. The Balaban J connectivity index is 2.24. The topological polar surface area (TPSA) is 12.0 Å². The van der Waals surface area contributed by atoms with Gasteiger partial charge in [-0.05, 0) is 56.3 Å². The standard InChI is InChI=1S/C15H22BrN/c1-12-7-9-15(10-8-12,11-17-2)13-3-5-14(16)6-4-13/h3-6,12,17H,7-11H2,1-2H3. The van der Waals surface area contributed by atoms with Crippen molar-refractivity contribution in [3.63, 3.8) is 0 Å². The summed E-state index contributed by atoms with van der Waals surface area (Å²) >= 11 is 3.52. The van der Waals surface area contributed by atoms with E-state index in [-0.39, 0.29) is 0 Å². The van der Waals surface area contributed by atoms with Crippen LogP contribution in [0, 0.1) is 5.92 Å². The lowest BCUT2D eigenvalue weighted by Gasteiger charge is -2.40. The monoisotopic (exact) mass is 295 g/mol. The first-order chi connectivity index (χ1) is 8.16. The van der Waals surface area contributed by atoms with Crippen molar-refractivity contribution in [2.75, 3.05) is 13.6 Å². The van der Waals surface area contributed by atoms with Gasteiger partial charge in [0.05, 0.1) is 0 Å². The SMILES string of the molecule is CNCC1(c2ccc(Br)cc2)CCC(C)CC1. The lowest BCUT2D eigenvalue weighted by atomic mass is 9.67. The number of benzene rings is 1. The fourth-order valence-corrected chi connectivity index (χ4v) is 3.29. The Bertz CT molecular complexity index is 350. The van der Waals surface area contributed by atoms with Gasteiger partial charge in [0.25, 0.3) is 0 Å². The minimum atomic E-state index is 0.363. The third kappa shape index (κ3) is 2.92. The van der Waals surface area contributed by atoms with Gasteiger partial charge in [0.15, 0.2) is 0 Å². The molecule has 1 aliphatic carbocycles. The Morgan fingerprint density at radius 2 is 1.82 bits per heavy atom. The van der Waals surface area contributed by atoms with E-state index in [1.165, 1.54) is 35.7 Å². The Morgan fingerprint density at radius 1 is 1.24 bits per heavy atom. The van der Waals surface area contributed by atoms with Gasteiger partial charge in [0.1, 0.15) is 0 Å². The largest absolute Gasteiger partial charge is 0.319 e. The molecule has 2 heteroatoms. The van der Waals surface area contributed by atoms with E-state index in [0.717, 1.165) is 12.5 Å². The van der Waals surface area contributed by atoms with Crippen LogP contribution in [-0.4, -0.2) is 13.6 Å². The van der Waals surface area contributed by atoms with E-state index in [0.29, 0.717) is 5.41 Å². The lowest BCUT2D eigenvalue weighted by Crippen LogP contribution is -2.39. The third-order valence-electron chi connectivity index (χ3n) is 4.20. The van der Waals surface area contributed by atoms with Crippen molar-refractivity contribution < 1.29 is 0 Å². The summed E-state index contributed by atoms with van der Waals surface area (Å²) in [6.45, 7) is 3.48. The molecule has 1 nitrogen and oxygen atoms in total. The molecule has 1 fully saturated rings. The summed E-state index contributed by atoms with van der Waals surface area (Å²) in [5.41, 5.74) is 1.86. The van der Waals surface area contributed by atoms with Gasteiger partial charge in [0.2, 0.25) is 0 Å². The molecule has 1 N–H and O–H groups in total. The molecule has 0 spiro atoms. The molecule has 0 aromatic heterocycles. The van der Waals surface area contributed by atoms with Crippen LogP contribution in [0.4, 0.5) is 0 Å². The normalized spacial score (nSPS) is 29.2. The van der Waals surface area contributed by atoms with Crippen molar-refractivity contribution >= 4 is 15.9 Å². The summed E-state index contributed by atoms with van der Waals surface area (Å²) in [7, 11) is 2.07. The van der Waals surface area contributed by atoms with E-state index in [2.05, 4.69) is 59.5 Å². The van der Waals surface area contributed by atoms with E-state index >= 15 is 0 Å². The predicted octanol–water partition coefficient (Wildman–Crippen LogP) is 4.12. The minimum Gasteiger partial charge on any atom is -0.319 e. The molecular formula is C15H22BrN. The summed E-state index contributed by atoms with van der Waals surface area (Å²) in [5.74, 6) is 0.899. The van der Waals surface area contributed by atoms with Crippen molar-refractivity contribution in [2.45, 2.75) is 38.0 Å². The van der Waals surface area contributed by atoms with Gasteiger partial charge < -0.3 is 5.32 Å². The quantitative estimate of drug-likeness (QED) is 0.885. The van der Waals surface area contributed by atoms with Gasteiger partial charge in [-0.1, -0.05) is 35.0 Å². The zero-order chi connectivity index (χ0) is 12.3. The van der Waals surface area contributed by atoms with Crippen LogP contribution >= 0.6 is 15.9 Å². The second-order valence-corrected chi connectivity index (χ2v) is 6.42. The fourth-order valence-electron chi connectivity index (χ4n) is 3.02. The molecular weight excluding hydrogens is 274 g/mol. The van der Waals surface area contributed by atoms with E-state index < -0.39 is 0 Å². The molecule has 0 amide bonds. The van der Waals surface area contributed by atoms with Crippen molar-refractivity contribution in [1.82, 2.24) is 5.32 Å². The van der Waals surface area contributed by atoms with Crippen LogP contribution in [-0.2, 0) is 5.41 Å². The highest BCUT2D eigenvalue weighted by molar-refractivity contribution is 9.10. The summed E-state index contributed by atoms with van der Waals surface area (Å²) in [6, 6.07) is 8.92. The average Bonchev–Trinajstić information content (AvgIpc) is 2.34. The van der Waals surface area contributed by atoms with Crippen molar-refractivity contribution in [1.29, 1.82) is 0 Å². The van der Waals surface area contributed by atoms with Crippen molar-refractivity contribution in [2.24, 2.45) is 5.92 Å². The van der Waals surface area contributed by atoms with Crippen molar-refractivity contribution in [3.05, 3.63) is 34.3 Å². The summed E-state index contributed by atoms with van der Waals surface area (Å²) in [4.78, 5) is 0. The summed E-state index contributed by atoms with van der Waals surface area (Å²) in [5, 5.41) is 3.39. The second kappa shape index (κ2) is 5.53. The maximum atomic E-state index is 3.52. The van der Waals surface area contributed by atoms with Crippen LogP contribution in [0.15, 0.2) is 28.7 Å². The molecule has 0 saturated heterocycles. The highest BCUT2D eigenvalue weighted by Crippen LogP contribution is 2.41. The molecule has 1 aromatic rings. The molecule has 94 valence electrons. The van der Waals surface area contributed by atoms with Gasteiger partial charge in [-0.25, -0.2) is 0 Å².